The van der Waals surface area contributed by atoms with Crippen molar-refractivity contribution in [2.24, 2.45) is 5.92 Å². The number of Topliss-reactive ketones (excluding diaryl/α,β-unsaturated/α-hetero) is 1. The molecule has 1 atom stereocenters. The fraction of sp³-hybridized carbons (Fsp3) is 0.647. The summed E-state index contributed by atoms with van der Waals surface area (Å²) in [6.45, 7) is 12.0. The summed E-state index contributed by atoms with van der Waals surface area (Å²) in [4.78, 5) is 16.6. The molecule has 0 amide bonds. The topological polar surface area (TPSA) is 39.2 Å². The molecule has 1 heterocycles. The highest BCUT2D eigenvalue weighted by Gasteiger charge is 2.38. The number of carbonyl (C=O) groups excluding carboxylic acids is 1. The Morgan fingerprint density at radius 1 is 1.38 bits per heavy atom. The van der Waals surface area contributed by atoms with Gasteiger partial charge >= 0.3 is 0 Å². The summed E-state index contributed by atoms with van der Waals surface area (Å²) in [7, 11) is -1.73. The number of rotatable bonds is 3. The van der Waals surface area contributed by atoms with Crippen molar-refractivity contribution >= 4 is 14.1 Å². The maximum atomic E-state index is 12.3. The summed E-state index contributed by atoms with van der Waals surface area (Å²) in [6, 6.07) is 3.94. The van der Waals surface area contributed by atoms with E-state index in [1.54, 1.807) is 6.20 Å². The molecule has 0 aromatic carbocycles. The quantitative estimate of drug-likeness (QED) is 0.619. The number of carbonyl (C=O) groups is 1. The van der Waals surface area contributed by atoms with Crippen LogP contribution in [0, 0.1) is 5.92 Å². The van der Waals surface area contributed by atoms with E-state index in [9.17, 15) is 4.79 Å². The van der Waals surface area contributed by atoms with Gasteiger partial charge in [-0.15, -0.1) is 0 Å². The molecule has 4 heteroatoms. The SMILES string of the molecule is CC(C)(C)[Si](C)(C)OC[C@@H]1CCc2cccnc2C(=O)C1. The van der Waals surface area contributed by atoms with Gasteiger partial charge in [-0.2, -0.15) is 0 Å². The predicted octanol–water partition coefficient (Wildman–Crippen LogP) is 4.24. The molecule has 21 heavy (non-hydrogen) atoms. The Bertz CT molecular complexity index is 520. The first-order valence-corrected chi connectivity index (χ1v) is 10.7. The standard InChI is InChI=1S/C17H27NO2Si/c1-17(2,3)21(4,5)20-12-13-8-9-14-7-6-10-18-16(14)15(19)11-13/h6-7,10,13H,8-9,11-12H2,1-5H3/t13-/m1/s1. The minimum absolute atomic E-state index is 0.173. The third-order valence-electron chi connectivity index (χ3n) is 4.94. The van der Waals surface area contributed by atoms with Crippen molar-refractivity contribution in [1.82, 2.24) is 4.98 Å². The summed E-state index contributed by atoms with van der Waals surface area (Å²) in [5.74, 6) is 0.493. The molecule has 0 radical (unpaired) electrons. The van der Waals surface area contributed by atoms with Gasteiger partial charge in [-0.1, -0.05) is 26.8 Å². The van der Waals surface area contributed by atoms with E-state index in [-0.39, 0.29) is 10.8 Å². The van der Waals surface area contributed by atoms with Crippen molar-refractivity contribution in [3.8, 4) is 0 Å². The molecule has 1 aromatic rings. The van der Waals surface area contributed by atoms with E-state index in [2.05, 4.69) is 38.8 Å². The molecule has 1 aliphatic carbocycles. The number of hydrogen-bond donors (Lipinski definition) is 0. The van der Waals surface area contributed by atoms with Gasteiger partial charge in [0.2, 0.25) is 0 Å². The van der Waals surface area contributed by atoms with Crippen molar-refractivity contribution < 1.29 is 9.22 Å². The smallest absolute Gasteiger partial charge is 0.191 e. The average molecular weight is 305 g/mol. The summed E-state index contributed by atoms with van der Waals surface area (Å²) < 4.78 is 6.30. The van der Waals surface area contributed by atoms with Crippen molar-refractivity contribution in [3.05, 3.63) is 29.6 Å². The molecule has 0 bridgehead atoms. The van der Waals surface area contributed by atoms with Crippen LogP contribution >= 0.6 is 0 Å². The second kappa shape index (κ2) is 6.01. The van der Waals surface area contributed by atoms with Gasteiger partial charge in [-0.3, -0.25) is 9.78 Å². The van der Waals surface area contributed by atoms with Gasteiger partial charge in [0.05, 0.1) is 0 Å². The molecule has 0 fully saturated rings. The maximum absolute atomic E-state index is 12.3. The number of aryl methyl sites for hydroxylation is 1. The van der Waals surface area contributed by atoms with Gasteiger partial charge in [0.1, 0.15) is 5.69 Å². The highest BCUT2D eigenvalue weighted by molar-refractivity contribution is 6.74. The molecule has 0 saturated heterocycles. The van der Waals surface area contributed by atoms with Crippen LogP contribution in [0.5, 0.6) is 0 Å². The molecule has 3 nitrogen and oxygen atoms in total. The first kappa shape index (κ1) is 16.4. The zero-order valence-electron chi connectivity index (χ0n) is 13.9. The lowest BCUT2D eigenvalue weighted by Crippen LogP contribution is -2.42. The Labute approximate surface area is 129 Å². The van der Waals surface area contributed by atoms with E-state index >= 15 is 0 Å². The molecular formula is C17H27NO2Si. The van der Waals surface area contributed by atoms with Gasteiger partial charge in [0.15, 0.2) is 14.1 Å². The second-order valence-corrected chi connectivity index (χ2v) is 12.4. The molecule has 1 aromatic heterocycles. The van der Waals surface area contributed by atoms with E-state index in [0.29, 0.717) is 24.6 Å². The first-order chi connectivity index (χ1) is 9.71. The van der Waals surface area contributed by atoms with Crippen LogP contribution in [0.2, 0.25) is 18.1 Å². The van der Waals surface area contributed by atoms with E-state index < -0.39 is 8.32 Å². The zero-order chi connectivity index (χ0) is 15.7. The second-order valence-electron chi connectivity index (χ2n) is 7.61. The summed E-state index contributed by atoms with van der Waals surface area (Å²) >= 11 is 0. The molecule has 1 aliphatic rings. The molecule has 0 unspecified atom stereocenters. The normalized spacial score (nSPS) is 20.0. The number of aromatic nitrogens is 1. The fourth-order valence-electron chi connectivity index (χ4n) is 2.40. The van der Waals surface area contributed by atoms with Gasteiger partial charge in [-0.25, -0.2) is 0 Å². The molecule has 0 saturated carbocycles. The lowest BCUT2D eigenvalue weighted by molar-refractivity contribution is 0.0937. The minimum atomic E-state index is -1.73. The van der Waals surface area contributed by atoms with Crippen molar-refractivity contribution in [2.75, 3.05) is 6.61 Å². The highest BCUT2D eigenvalue weighted by atomic mass is 28.4. The Kier molecular flexibility index (Phi) is 4.68. The number of ketones is 1. The monoisotopic (exact) mass is 305 g/mol. The molecule has 2 rings (SSSR count). The number of hydrogen-bond acceptors (Lipinski definition) is 3. The predicted molar refractivity (Wildman–Crippen MR) is 88.1 cm³/mol. The molecule has 0 N–H and O–H groups in total. The Hall–Kier alpha value is -1.00. The van der Waals surface area contributed by atoms with Crippen LogP contribution in [0.1, 0.15) is 49.7 Å². The third kappa shape index (κ3) is 3.80. The lowest BCUT2D eigenvalue weighted by atomic mass is 10.0. The van der Waals surface area contributed by atoms with Crippen LogP contribution in [0.4, 0.5) is 0 Å². The van der Waals surface area contributed by atoms with E-state index in [4.69, 9.17) is 4.43 Å². The van der Waals surface area contributed by atoms with Crippen molar-refractivity contribution in [1.29, 1.82) is 0 Å². The first-order valence-electron chi connectivity index (χ1n) is 7.82. The molecular weight excluding hydrogens is 278 g/mol. The van der Waals surface area contributed by atoms with Crippen LogP contribution in [0.3, 0.4) is 0 Å². The maximum Gasteiger partial charge on any atom is 0.191 e. The molecule has 0 spiro atoms. The van der Waals surface area contributed by atoms with Crippen LogP contribution in [0.25, 0.3) is 0 Å². The van der Waals surface area contributed by atoms with Gasteiger partial charge in [0.25, 0.3) is 0 Å². The summed E-state index contributed by atoms with van der Waals surface area (Å²) in [5, 5.41) is 0.215. The van der Waals surface area contributed by atoms with Crippen molar-refractivity contribution in [3.63, 3.8) is 0 Å². The van der Waals surface area contributed by atoms with Gasteiger partial charge in [-0.05, 0) is 48.5 Å². The van der Waals surface area contributed by atoms with Crippen LogP contribution in [-0.4, -0.2) is 25.7 Å². The zero-order valence-corrected chi connectivity index (χ0v) is 14.9. The largest absolute Gasteiger partial charge is 0.417 e. The third-order valence-corrected chi connectivity index (χ3v) is 9.44. The van der Waals surface area contributed by atoms with E-state index in [0.717, 1.165) is 18.4 Å². The minimum Gasteiger partial charge on any atom is -0.417 e. The Morgan fingerprint density at radius 2 is 2.10 bits per heavy atom. The Morgan fingerprint density at radius 3 is 2.76 bits per heavy atom. The summed E-state index contributed by atoms with van der Waals surface area (Å²) in [6.07, 6.45) is 4.22. The number of pyridine rings is 1. The van der Waals surface area contributed by atoms with Crippen LogP contribution in [-0.2, 0) is 10.8 Å². The van der Waals surface area contributed by atoms with Crippen LogP contribution < -0.4 is 0 Å². The summed E-state index contributed by atoms with van der Waals surface area (Å²) in [5.41, 5.74) is 1.77. The molecule has 116 valence electrons. The van der Waals surface area contributed by atoms with Crippen molar-refractivity contribution in [2.45, 2.75) is 58.2 Å². The Balaban J connectivity index is 2.01. The van der Waals surface area contributed by atoms with E-state index in [1.165, 1.54) is 0 Å². The van der Waals surface area contributed by atoms with Gasteiger partial charge < -0.3 is 4.43 Å². The number of fused-ring (bicyclic) bond motifs is 1. The van der Waals surface area contributed by atoms with Crippen LogP contribution in [0.15, 0.2) is 18.3 Å². The fourth-order valence-corrected chi connectivity index (χ4v) is 3.48. The highest BCUT2D eigenvalue weighted by Crippen LogP contribution is 2.37. The van der Waals surface area contributed by atoms with Gasteiger partial charge in [0, 0.05) is 19.2 Å². The number of nitrogens with zero attached hydrogens (tertiary/aromatic N) is 1. The van der Waals surface area contributed by atoms with E-state index in [1.807, 2.05) is 12.1 Å². The lowest BCUT2D eigenvalue weighted by Gasteiger charge is -2.37. The molecule has 0 aliphatic heterocycles. The average Bonchev–Trinajstić information content (AvgIpc) is 2.55.